The number of methoxy groups -OCH3 is 1. The second-order valence-electron chi connectivity index (χ2n) is 5.13. The van der Waals surface area contributed by atoms with Gasteiger partial charge in [0.2, 0.25) is 11.7 Å². The number of hydrogen-bond acceptors (Lipinski definition) is 5. The molecule has 0 spiro atoms. The first kappa shape index (κ1) is 13.5. The molecule has 1 heterocycles. The fourth-order valence-corrected chi connectivity index (χ4v) is 2.59. The summed E-state index contributed by atoms with van der Waals surface area (Å²) in [6, 6.07) is 0. The van der Waals surface area contributed by atoms with Gasteiger partial charge in [0.1, 0.15) is 5.60 Å². The first-order valence-electron chi connectivity index (χ1n) is 6.70. The Labute approximate surface area is 108 Å². The second-order valence-corrected chi connectivity index (χ2v) is 5.13. The zero-order valence-corrected chi connectivity index (χ0v) is 11.3. The van der Waals surface area contributed by atoms with E-state index in [4.69, 9.17) is 9.26 Å². The Hall–Kier alpha value is -0.940. The van der Waals surface area contributed by atoms with E-state index in [1.165, 1.54) is 0 Å². The number of aliphatic hydroxyl groups excluding tert-OH is 1. The standard InChI is InChI=1S/C13H22N2O3/c1-4-10(16)9(2)11-14-12(15-18-11)13(17-3)7-5-6-8-13/h9-10,16H,4-8H2,1-3H3. The van der Waals surface area contributed by atoms with E-state index in [0.29, 0.717) is 18.1 Å². The van der Waals surface area contributed by atoms with Crippen LogP contribution in [0.2, 0.25) is 0 Å². The third kappa shape index (κ3) is 2.29. The lowest BCUT2D eigenvalue weighted by atomic mass is 10.0. The lowest BCUT2D eigenvalue weighted by Crippen LogP contribution is -2.26. The van der Waals surface area contributed by atoms with E-state index in [1.54, 1.807) is 7.11 Å². The van der Waals surface area contributed by atoms with E-state index < -0.39 is 6.10 Å². The molecule has 1 aromatic heterocycles. The Morgan fingerprint density at radius 1 is 1.44 bits per heavy atom. The number of aliphatic hydroxyl groups is 1. The predicted molar refractivity (Wildman–Crippen MR) is 66.2 cm³/mol. The first-order valence-corrected chi connectivity index (χ1v) is 6.70. The van der Waals surface area contributed by atoms with Crippen LogP contribution in [0, 0.1) is 0 Å². The molecule has 0 radical (unpaired) electrons. The van der Waals surface area contributed by atoms with Crippen LogP contribution in [0.4, 0.5) is 0 Å². The predicted octanol–water partition coefficient (Wildman–Crippen LogP) is 2.36. The van der Waals surface area contributed by atoms with Crippen LogP contribution in [0.1, 0.15) is 63.6 Å². The van der Waals surface area contributed by atoms with Crippen molar-refractivity contribution in [3.8, 4) is 0 Å². The molecule has 102 valence electrons. The molecule has 2 atom stereocenters. The molecule has 0 aliphatic heterocycles. The molecule has 0 aromatic carbocycles. The lowest BCUT2D eigenvalue weighted by molar-refractivity contribution is -0.0178. The topological polar surface area (TPSA) is 68.4 Å². The van der Waals surface area contributed by atoms with E-state index in [0.717, 1.165) is 25.7 Å². The molecular weight excluding hydrogens is 232 g/mol. The van der Waals surface area contributed by atoms with Crippen molar-refractivity contribution >= 4 is 0 Å². The lowest BCUT2D eigenvalue weighted by Gasteiger charge is -2.22. The molecule has 0 amide bonds. The van der Waals surface area contributed by atoms with Crippen LogP contribution < -0.4 is 0 Å². The van der Waals surface area contributed by atoms with Gasteiger partial charge in [0.05, 0.1) is 12.0 Å². The molecule has 0 bridgehead atoms. The van der Waals surface area contributed by atoms with Crippen molar-refractivity contribution in [3.05, 3.63) is 11.7 Å². The van der Waals surface area contributed by atoms with E-state index in [2.05, 4.69) is 10.1 Å². The van der Waals surface area contributed by atoms with Crippen molar-refractivity contribution in [2.24, 2.45) is 0 Å². The number of rotatable bonds is 5. The van der Waals surface area contributed by atoms with Gasteiger partial charge in [0.15, 0.2) is 0 Å². The van der Waals surface area contributed by atoms with E-state index in [9.17, 15) is 5.11 Å². The largest absolute Gasteiger partial charge is 0.392 e. The highest BCUT2D eigenvalue weighted by molar-refractivity contribution is 5.06. The first-order chi connectivity index (χ1) is 8.63. The van der Waals surface area contributed by atoms with Crippen molar-refractivity contribution in [2.75, 3.05) is 7.11 Å². The molecule has 1 aliphatic carbocycles. The van der Waals surface area contributed by atoms with Crippen molar-refractivity contribution in [2.45, 2.75) is 63.6 Å². The molecule has 0 saturated heterocycles. The van der Waals surface area contributed by atoms with Crippen LogP contribution in [0.3, 0.4) is 0 Å². The Morgan fingerprint density at radius 2 is 2.11 bits per heavy atom. The van der Waals surface area contributed by atoms with Gasteiger partial charge in [-0.1, -0.05) is 19.0 Å². The molecule has 2 rings (SSSR count). The molecule has 1 fully saturated rings. The van der Waals surface area contributed by atoms with Gasteiger partial charge in [0.25, 0.3) is 0 Å². The van der Waals surface area contributed by atoms with Crippen molar-refractivity contribution in [3.63, 3.8) is 0 Å². The summed E-state index contributed by atoms with van der Waals surface area (Å²) in [6.07, 6.45) is 4.37. The highest BCUT2D eigenvalue weighted by Crippen LogP contribution is 2.40. The van der Waals surface area contributed by atoms with Gasteiger partial charge in [-0.2, -0.15) is 4.98 Å². The van der Waals surface area contributed by atoms with Crippen molar-refractivity contribution in [1.29, 1.82) is 0 Å². The average Bonchev–Trinajstić information content (AvgIpc) is 3.05. The van der Waals surface area contributed by atoms with E-state index >= 15 is 0 Å². The van der Waals surface area contributed by atoms with Crippen molar-refractivity contribution < 1.29 is 14.4 Å². The van der Waals surface area contributed by atoms with E-state index in [-0.39, 0.29) is 11.5 Å². The van der Waals surface area contributed by atoms with Gasteiger partial charge < -0.3 is 14.4 Å². The maximum Gasteiger partial charge on any atom is 0.232 e. The summed E-state index contributed by atoms with van der Waals surface area (Å²) in [5.41, 5.74) is -0.376. The number of aromatic nitrogens is 2. The fourth-order valence-electron chi connectivity index (χ4n) is 2.59. The zero-order valence-electron chi connectivity index (χ0n) is 11.3. The van der Waals surface area contributed by atoms with Crippen molar-refractivity contribution in [1.82, 2.24) is 10.1 Å². The molecule has 5 nitrogen and oxygen atoms in total. The summed E-state index contributed by atoms with van der Waals surface area (Å²) >= 11 is 0. The smallest absolute Gasteiger partial charge is 0.232 e. The molecule has 1 aromatic rings. The normalized spacial score (nSPS) is 22.0. The number of hydrogen-bond donors (Lipinski definition) is 1. The SMILES string of the molecule is CCC(O)C(C)c1nc(C2(OC)CCCC2)no1. The Bertz CT molecular complexity index is 385. The van der Waals surface area contributed by atoms with E-state index in [1.807, 2.05) is 13.8 Å². The van der Waals surface area contributed by atoms with Crippen LogP contribution in [0.5, 0.6) is 0 Å². The third-order valence-corrected chi connectivity index (χ3v) is 4.04. The second kappa shape index (κ2) is 5.36. The highest BCUT2D eigenvalue weighted by atomic mass is 16.5. The summed E-state index contributed by atoms with van der Waals surface area (Å²) in [5.74, 6) is 1.00. The maximum absolute atomic E-state index is 9.82. The molecule has 18 heavy (non-hydrogen) atoms. The molecule has 5 heteroatoms. The molecular formula is C13H22N2O3. The average molecular weight is 254 g/mol. The molecule has 1 aliphatic rings. The summed E-state index contributed by atoms with van der Waals surface area (Å²) in [7, 11) is 1.70. The Kier molecular flexibility index (Phi) is 4.02. The van der Waals surface area contributed by atoms with Crippen LogP contribution in [-0.4, -0.2) is 28.5 Å². The van der Waals surface area contributed by atoms with Gasteiger partial charge in [-0.3, -0.25) is 0 Å². The molecule has 1 N–H and O–H groups in total. The summed E-state index contributed by atoms with van der Waals surface area (Å²) in [4.78, 5) is 4.44. The number of nitrogens with zero attached hydrogens (tertiary/aromatic N) is 2. The monoisotopic (exact) mass is 254 g/mol. The van der Waals surface area contributed by atoms with Crippen LogP contribution in [0.15, 0.2) is 4.52 Å². The van der Waals surface area contributed by atoms with Gasteiger partial charge in [0, 0.05) is 7.11 Å². The third-order valence-electron chi connectivity index (χ3n) is 4.04. The van der Waals surface area contributed by atoms with Crippen LogP contribution >= 0.6 is 0 Å². The minimum Gasteiger partial charge on any atom is -0.392 e. The number of ether oxygens (including phenoxy) is 1. The zero-order chi connectivity index (χ0) is 13.2. The van der Waals surface area contributed by atoms with Gasteiger partial charge in [-0.25, -0.2) is 0 Å². The summed E-state index contributed by atoms with van der Waals surface area (Å²) in [6.45, 7) is 3.84. The molecule has 2 unspecified atom stereocenters. The Balaban J connectivity index is 2.19. The summed E-state index contributed by atoms with van der Waals surface area (Å²) in [5, 5.41) is 13.9. The van der Waals surface area contributed by atoms with Crippen LogP contribution in [0.25, 0.3) is 0 Å². The van der Waals surface area contributed by atoms with Gasteiger partial charge in [-0.05, 0) is 32.1 Å². The van der Waals surface area contributed by atoms with Gasteiger partial charge in [-0.15, -0.1) is 0 Å². The minimum absolute atomic E-state index is 0.133. The molecule has 1 saturated carbocycles. The fraction of sp³-hybridized carbons (Fsp3) is 0.846. The quantitative estimate of drug-likeness (QED) is 0.873. The highest BCUT2D eigenvalue weighted by Gasteiger charge is 2.40. The van der Waals surface area contributed by atoms with Gasteiger partial charge >= 0.3 is 0 Å². The summed E-state index contributed by atoms with van der Waals surface area (Å²) < 4.78 is 10.9. The van der Waals surface area contributed by atoms with Crippen LogP contribution in [-0.2, 0) is 10.3 Å². The Morgan fingerprint density at radius 3 is 2.67 bits per heavy atom. The maximum atomic E-state index is 9.82. The minimum atomic E-state index is -0.444.